The molecule has 4 nitrogen and oxygen atoms in total. The van der Waals surface area contributed by atoms with E-state index >= 15 is 0 Å². The Morgan fingerprint density at radius 3 is 2.80 bits per heavy atom. The summed E-state index contributed by atoms with van der Waals surface area (Å²) in [4.78, 5) is 4.85. The van der Waals surface area contributed by atoms with E-state index in [0.717, 1.165) is 6.07 Å². The fourth-order valence-electron chi connectivity index (χ4n) is 1.75. The normalized spacial score (nSPS) is 10.9. The molecule has 2 aromatic heterocycles. The van der Waals surface area contributed by atoms with Crippen LogP contribution in [-0.4, -0.2) is 10.1 Å². The highest BCUT2D eigenvalue weighted by atomic mass is 32.1. The molecule has 7 heteroatoms. The highest BCUT2D eigenvalue weighted by Gasteiger charge is 2.14. The number of anilines is 1. The van der Waals surface area contributed by atoms with Gasteiger partial charge < -0.3 is 10.3 Å². The summed E-state index contributed by atoms with van der Waals surface area (Å²) in [7, 11) is 0. The average Bonchev–Trinajstić information content (AvgIpc) is 3.01. The van der Waals surface area contributed by atoms with Gasteiger partial charge in [-0.2, -0.15) is 4.98 Å². The number of nitrogen functional groups attached to an aromatic ring is 1. The number of hydrogen-bond acceptors (Lipinski definition) is 5. The average molecular weight is 293 g/mol. The Bertz CT molecular complexity index is 754. The van der Waals surface area contributed by atoms with Crippen LogP contribution in [0.5, 0.6) is 0 Å². The van der Waals surface area contributed by atoms with E-state index in [1.165, 1.54) is 23.5 Å². The van der Waals surface area contributed by atoms with Crippen LogP contribution in [0.3, 0.4) is 0 Å². The summed E-state index contributed by atoms with van der Waals surface area (Å²) in [6, 6.07) is 5.12. The second-order valence-corrected chi connectivity index (χ2v) is 5.05. The Labute approximate surface area is 116 Å². The molecule has 1 aromatic carbocycles. The van der Waals surface area contributed by atoms with Crippen molar-refractivity contribution >= 4 is 17.0 Å². The topological polar surface area (TPSA) is 64.9 Å². The molecule has 0 fully saturated rings. The fraction of sp³-hybridized carbons (Fsp3) is 0.0769. The molecule has 3 rings (SSSR count). The molecule has 0 saturated carbocycles. The van der Waals surface area contributed by atoms with Crippen molar-refractivity contribution in [2.24, 2.45) is 0 Å². The number of nitrogens with zero attached hydrogens (tertiary/aromatic N) is 2. The Morgan fingerprint density at radius 2 is 2.10 bits per heavy atom. The van der Waals surface area contributed by atoms with Gasteiger partial charge >= 0.3 is 0 Å². The zero-order valence-electron chi connectivity index (χ0n) is 10.1. The first-order valence-electron chi connectivity index (χ1n) is 5.73. The summed E-state index contributed by atoms with van der Waals surface area (Å²) < 4.78 is 31.5. The van der Waals surface area contributed by atoms with Crippen molar-refractivity contribution in [2.45, 2.75) is 6.42 Å². The van der Waals surface area contributed by atoms with Gasteiger partial charge in [-0.05, 0) is 23.1 Å². The minimum Gasteiger partial charge on any atom is -0.397 e. The van der Waals surface area contributed by atoms with Gasteiger partial charge in [0.15, 0.2) is 5.82 Å². The molecule has 0 unspecified atom stereocenters. The van der Waals surface area contributed by atoms with E-state index in [2.05, 4.69) is 10.1 Å². The Hall–Kier alpha value is -2.28. The SMILES string of the molecule is Nc1ccsc1-c1nc(Cc2ccc(F)cc2F)no1. The van der Waals surface area contributed by atoms with Crippen molar-refractivity contribution in [3.05, 3.63) is 52.7 Å². The smallest absolute Gasteiger partial charge is 0.270 e. The van der Waals surface area contributed by atoms with Crippen molar-refractivity contribution < 1.29 is 13.3 Å². The third kappa shape index (κ3) is 2.39. The fourth-order valence-corrected chi connectivity index (χ4v) is 2.48. The van der Waals surface area contributed by atoms with Crippen LogP contribution in [-0.2, 0) is 6.42 Å². The molecule has 0 saturated heterocycles. The summed E-state index contributed by atoms with van der Waals surface area (Å²) in [5.74, 6) is -0.633. The highest BCUT2D eigenvalue weighted by Crippen LogP contribution is 2.30. The maximum atomic E-state index is 13.5. The van der Waals surface area contributed by atoms with Gasteiger partial charge in [0, 0.05) is 12.5 Å². The predicted octanol–water partition coefficient (Wildman–Crippen LogP) is 3.25. The highest BCUT2D eigenvalue weighted by molar-refractivity contribution is 7.14. The Morgan fingerprint density at radius 1 is 1.25 bits per heavy atom. The molecule has 0 aliphatic heterocycles. The van der Waals surface area contributed by atoms with Gasteiger partial charge in [-0.3, -0.25) is 0 Å². The minimum atomic E-state index is -0.632. The molecule has 2 N–H and O–H groups in total. The van der Waals surface area contributed by atoms with Crippen LogP contribution in [0.15, 0.2) is 34.2 Å². The van der Waals surface area contributed by atoms with Crippen LogP contribution in [0.2, 0.25) is 0 Å². The number of nitrogens with two attached hydrogens (primary N) is 1. The molecule has 0 aliphatic rings. The van der Waals surface area contributed by atoms with E-state index in [1.807, 2.05) is 5.38 Å². The van der Waals surface area contributed by atoms with Crippen molar-refractivity contribution in [1.29, 1.82) is 0 Å². The molecule has 0 atom stereocenters. The number of thiophene rings is 1. The van der Waals surface area contributed by atoms with Gasteiger partial charge in [0.2, 0.25) is 0 Å². The van der Waals surface area contributed by atoms with Crippen LogP contribution in [0, 0.1) is 11.6 Å². The zero-order chi connectivity index (χ0) is 14.1. The lowest BCUT2D eigenvalue weighted by molar-refractivity contribution is 0.424. The van der Waals surface area contributed by atoms with Crippen molar-refractivity contribution in [3.8, 4) is 10.8 Å². The lowest BCUT2D eigenvalue weighted by atomic mass is 10.1. The molecule has 0 aliphatic carbocycles. The maximum absolute atomic E-state index is 13.5. The molecular formula is C13H9F2N3OS. The molecule has 0 amide bonds. The number of hydrogen-bond donors (Lipinski definition) is 1. The van der Waals surface area contributed by atoms with E-state index in [9.17, 15) is 8.78 Å². The number of benzene rings is 1. The van der Waals surface area contributed by atoms with E-state index in [4.69, 9.17) is 10.3 Å². The van der Waals surface area contributed by atoms with Crippen molar-refractivity contribution in [2.75, 3.05) is 5.73 Å². The van der Waals surface area contributed by atoms with Gasteiger partial charge in [0.05, 0.1) is 5.69 Å². The maximum Gasteiger partial charge on any atom is 0.270 e. The molecule has 2 heterocycles. The third-order valence-corrected chi connectivity index (χ3v) is 3.64. The van der Waals surface area contributed by atoms with Crippen LogP contribution in [0.1, 0.15) is 11.4 Å². The van der Waals surface area contributed by atoms with E-state index in [0.29, 0.717) is 27.8 Å². The first kappa shape index (κ1) is 12.7. The molecular weight excluding hydrogens is 284 g/mol. The first-order chi connectivity index (χ1) is 9.63. The molecule has 0 radical (unpaired) electrons. The number of aromatic nitrogens is 2. The minimum absolute atomic E-state index is 0.126. The quantitative estimate of drug-likeness (QED) is 0.805. The third-order valence-electron chi connectivity index (χ3n) is 2.72. The second-order valence-electron chi connectivity index (χ2n) is 4.13. The van der Waals surface area contributed by atoms with Crippen molar-refractivity contribution in [3.63, 3.8) is 0 Å². The summed E-state index contributed by atoms with van der Waals surface area (Å²) in [6.07, 6.45) is 0.126. The summed E-state index contributed by atoms with van der Waals surface area (Å²) >= 11 is 1.38. The van der Waals surface area contributed by atoms with E-state index in [1.54, 1.807) is 6.07 Å². The van der Waals surface area contributed by atoms with Crippen LogP contribution in [0.4, 0.5) is 14.5 Å². The lowest BCUT2D eigenvalue weighted by Gasteiger charge is -1.99. The molecule has 20 heavy (non-hydrogen) atoms. The first-order valence-corrected chi connectivity index (χ1v) is 6.61. The van der Waals surface area contributed by atoms with E-state index < -0.39 is 11.6 Å². The predicted molar refractivity (Wildman–Crippen MR) is 71.2 cm³/mol. The van der Waals surface area contributed by atoms with Gasteiger partial charge in [-0.15, -0.1) is 11.3 Å². The van der Waals surface area contributed by atoms with Crippen LogP contribution >= 0.6 is 11.3 Å². The number of rotatable bonds is 3. The van der Waals surface area contributed by atoms with Gasteiger partial charge in [-0.1, -0.05) is 11.2 Å². The summed E-state index contributed by atoms with van der Waals surface area (Å²) in [5, 5.41) is 5.59. The monoisotopic (exact) mass is 293 g/mol. The van der Waals surface area contributed by atoms with E-state index in [-0.39, 0.29) is 6.42 Å². The largest absolute Gasteiger partial charge is 0.397 e. The molecule has 3 aromatic rings. The van der Waals surface area contributed by atoms with Crippen molar-refractivity contribution in [1.82, 2.24) is 10.1 Å². The standard InChI is InChI=1S/C13H9F2N3OS/c14-8-2-1-7(9(15)6-8)5-11-17-13(19-18-11)12-10(16)3-4-20-12/h1-4,6H,5,16H2. The van der Waals surface area contributed by atoms with Crippen LogP contribution < -0.4 is 5.73 Å². The molecule has 0 bridgehead atoms. The van der Waals surface area contributed by atoms with Gasteiger partial charge in [0.25, 0.3) is 5.89 Å². The molecule has 102 valence electrons. The summed E-state index contributed by atoms with van der Waals surface area (Å²) in [6.45, 7) is 0. The number of halogens is 2. The van der Waals surface area contributed by atoms with Gasteiger partial charge in [-0.25, -0.2) is 8.78 Å². The molecule has 0 spiro atoms. The Balaban J connectivity index is 1.86. The second kappa shape index (κ2) is 5.01. The zero-order valence-corrected chi connectivity index (χ0v) is 11.0. The van der Waals surface area contributed by atoms with Crippen LogP contribution in [0.25, 0.3) is 10.8 Å². The summed E-state index contributed by atoms with van der Waals surface area (Å²) in [5.41, 5.74) is 6.61. The Kier molecular flexibility index (Phi) is 3.19. The van der Waals surface area contributed by atoms with Gasteiger partial charge in [0.1, 0.15) is 16.5 Å². The lowest BCUT2D eigenvalue weighted by Crippen LogP contribution is -1.95.